The number of hydrogen-bond acceptors (Lipinski definition) is 8. The second kappa shape index (κ2) is 8.37. The predicted molar refractivity (Wildman–Crippen MR) is 139 cm³/mol. The minimum Gasteiger partial charge on any atom is -0.484 e. The van der Waals surface area contributed by atoms with Gasteiger partial charge in [0.2, 0.25) is 0 Å². The summed E-state index contributed by atoms with van der Waals surface area (Å²) in [6, 6.07) is 5.18. The van der Waals surface area contributed by atoms with Crippen LogP contribution in [0.2, 0.25) is 0 Å². The molecule has 2 saturated carbocycles. The first-order chi connectivity index (χ1) is 17.8. The Bertz CT molecular complexity index is 1290. The van der Waals surface area contributed by atoms with Crippen LogP contribution in [0.25, 0.3) is 11.3 Å². The molecule has 38 heavy (non-hydrogen) atoms. The van der Waals surface area contributed by atoms with Gasteiger partial charge in [-0.1, -0.05) is 34.6 Å². The molecule has 0 aromatic carbocycles. The monoisotopic (exact) mass is 525 g/mol. The van der Waals surface area contributed by atoms with Gasteiger partial charge in [-0.3, -0.25) is 4.98 Å². The van der Waals surface area contributed by atoms with Gasteiger partial charge in [0.1, 0.15) is 22.7 Å². The highest BCUT2D eigenvalue weighted by Crippen LogP contribution is 2.67. The standard InChI is InChI=1S/C30H39NO7/c1-27(2,3)26-35-15-29(5)19-13-20(32)30(6)24(28(19,4)10-9-21(29)37-26)23(33)22-18(38-30)12-17(36-25(22)34)16-8-7-11-31-14-16/h7-8,11-12,14,19-21,23-24,26,32-33H,9-10,13,15H2,1-6H3/t19-,20+,21+,23+,24-,26-,28+,29+,30-/m1/s1. The van der Waals surface area contributed by atoms with E-state index in [1.54, 1.807) is 30.6 Å². The second-order valence-corrected chi connectivity index (χ2v) is 13.6. The van der Waals surface area contributed by atoms with E-state index in [0.29, 0.717) is 24.4 Å². The van der Waals surface area contributed by atoms with Crippen molar-refractivity contribution in [2.75, 3.05) is 6.61 Å². The first-order valence-corrected chi connectivity index (χ1v) is 13.7. The van der Waals surface area contributed by atoms with E-state index < -0.39 is 34.8 Å². The maximum atomic E-state index is 13.3. The van der Waals surface area contributed by atoms with Crippen LogP contribution in [0, 0.1) is 28.1 Å². The van der Waals surface area contributed by atoms with E-state index in [-0.39, 0.29) is 40.5 Å². The average Bonchev–Trinajstić information content (AvgIpc) is 2.84. The van der Waals surface area contributed by atoms with Crippen LogP contribution in [-0.4, -0.2) is 45.9 Å². The molecule has 2 aliphatic carbocycles. The molecule has 2 aromatic rings. The van der Waals surface area contributed by atoms with E-state index in [9.17, 15) is 15.0 Å². The SMILES string of the molecule is CC(C)(C)[C@@H]1OC[C@@]2(C)[C@@H]3C[C@H](O)[C@@]4(C)Oc5cc(-c6cccnc6)oc(=O)c5[C@H](O)[C@@H]4[C@@]3(C)CC[C@@H]2O1. The molecule has 4 heterocycles. The lowest BCUT2D eigenvalue weighted by molar-refractivity contribution is -0.344. The Kier molecular flexibility index (Phi) is 5.72. The molecule has 206 valence electrons. The molecular weight excluding hydrogens is 486 g/mol. The number of aromatic nitrogens is 1. The molecule has 0 amide bonds. The molecule has 0 spiro atoms. The summed E-state index contributed by atoms with van der Waals surface area (Å²) < 4.78 is 25.0. The highest BCUT2D eigenvalue weighted by atomic mass is 16.7. The summed E-state index contributed by atoms with van der Waals surface area (Å²) in [5.41, 5.74) is -1.92. The summed E-state index contributed by atoms with van der Waals surface area (Å²) in [5.74, 6) is 0.0267. The highest BCUT2D eigenvalue weighted by molar-refractivity contribution is 5.59. The summed E-state index contributed by atoms with van der Waals surface area (Å²) >= 11 is 0. The summed E-state index contributed by atoms with van der Waals surface area (Å²) in [5, 5.41) is 23.6. The molecule has 4 aliphatic rings. The number of fused-ring (bicyclic) bond motifs is 6. The fourth-order valence-corrected chi connectivity index (χ4v) is 8.16. The normalized spacial score (nSPS) is 42.2. The molecule has 9 atom stereocenters. The molecule has 0 unspecified atom stereocenters. The minimum atomic E-state index is -1.15. The maximum absolute atomic E-state index is 13.3. The number of nitrogens with zero attached hydrogens (tertiary/aromatic N) is 1. The van der Waals surface area contributed by atoms with Gasteiger partial charge in [0.05, 0.1) is 24.9 Å². The third-order valence-electron chi connectivity index (χ3n) is 10.1. The van der Waals surface area contributed by atoms with Crippen LogP contribution in [-0.2, 0) is 9.47 Å². The van der Waals surface area contributed by atoms with Crippen LogP contribution in [0.4, 0.5) is 0 Å². The average molecular weight is 526 g/mol. The quantitative estimate of drug-likeness (QED) is 0.561. The first-order valence-electron chi connectivity index (χ1n) is 13.7. The Morgan fingerprint density at radius 2 is 1.89 bits per heavy atom. The molecule has 2 aliphatic heterocycles. The van der Waals surface area contributed by atoms with Crippen molar-refractivity contribution in [3.63, 3.8) is 0 Å². The Morgan fingerprint density at radius 1 is 1.13 bits per heavy atom. The molecule has 2 N–H and O–H groups in total. The van der Waals surface area contributed by atoms with Gasteiger partial charge in [0.25, 0.3) is 0 Å². The lowest BCUT2D eigenvalue weighted by Crippen LogP contribution is -2.71. The molecule has 1 saturated heterocycles. The van der Waals surface area contributed by atoms with Crippen LogP contribution in [0.5, 0.6) is 5.75 Å². The van der Waals surface area contributed by atoms with E-state index in [4.69, 9.17) is 18.6 Å². The van der Waals surface area contributed by atoms with Crippen LogP contribution in [0.1, 0.15) is 72.5 Å². The predicted octanol–water partition coefficient (Wildman–Crippen LogP) is 4.48. The van der Waals surface area contributed by atoms with Crippen molar-refractivity contribution < 1.29 is 28.8 Å². The van der Waals surface area contributed by atoms with Gasteiger partial charge in [-0.25, -0.2) is 4.79 Å². The number of pyridine rings is 1. The second-order valence-electron chi connectivity index (χ2n) is 13.6. The van der Waals surface area contributed by atoms with Crippen LogP contribution in [0.3, 0.4) is 0 Å². The van der Waals surface area contributed by atoms with Gasteiger partial charge < -0.3 is 28.8 Å². The Labute approximate surface area is 223 Å². The van der Waals surface area contributed by atoms with Crippen molar-refractivity contribution in [3.8, 4) is 17.1 Å². The van der Waals surface area contributed by atoms with Gasteiger partial charge in [0.15, 0.2) is 6.29 Å². The van der Waals surface area contributed by atoms with E-state index >= 15 is 0 Å². The smallest absolute Gasteiger partial charge is 0.345 e. The molecule has 8 nitrogen and oxygen atoms in total. The van der Waals surface area contributed by atoms with Crippen LogP contribution in [0.15, 0.2) is 39.8 Å². The van der Waals surface area contributed by atoms with Gasteiger partial charge in [-0.15, -0.1) is 0 Å². The van der Waals surface area contributed by atoms with Gasteiger partial charge >= 0.3 is 5.63 Å². The van der Waals surface area contributed by atoms with E-state index in [2.05, 4.69) is 39.6 Å². The van der Waals surface area contributed by atoms with Crippen molar-refractivity contribution >= 4 is 0 Å². The maximum Gasteiger partial charge on any atom is 0.345 e. The summed E-state index contributed by atoms with van der Waals surface area (Å²) in [4.78, 5) is 17.4. The van der Waals surface area contributed by atoms with Gasteiger partial charge in [-0.2, -0.15) is 0 Å². The molecule has 2 aromatic heterocycles. The summed E-state index contributed by atoms with van der Waals surface area (Å²) in [6.45, 7) is 13.1. The van der Waals surface area contributed by atoms with Gasteiger partial charge in [0, 0.05) is 40.8 Å². The Balaban J connectivity index is 1.40. The third-order valence-corrected chi connectivity index (χ3v) is 10.1. The number of aliphatic hydroxyl groups excluding tert-OH is 2. The minimum absolute atomic E-state index is 0.00995. The van der Waals surface area contributed by atoms with Crippen molar-refractivity contribution in [2.45, 2.75) is 91.0 Å². The first kappa shape index (κ1) is 26.0. The summed E-state index contributed by atoms with van der Waals surface area (Å²) in [7, 11) is 0. The number of ether oxygens (including phenoxy) is 3. The Hall–Kier alpha value is -2.26. The van der Waals surface area contributed by atoms with Crippen molar-refractivity contribution in [2.24, 2.45) is 28.1 Å². The van der Waals surface area contributed by atoms with Crippen molar-refractivity contribution in [1.82, 2.24) is 4.98 Å². The molecule has 8 heteroatoms. The highest BCUT2D eigenvalue weighted by Gasteiger charge is 2.70. The van der Waals surface area contributed by atoms with E-state index in [0.717, 1.165) is 12.8 Å². The number of rotatable bonds is 1. The fraction of sp³-hybridized carbons (Fsp3) is 0.667. The van der Waals surface area contributed by atoms with Crippen molar-refractivity contribution in [3.05, 3.63) is 46.6 Å². The Morgan fingerprint density at radius 3 is 2.58 bits per heavy atom. The molecular formula is C30H39NO7. The molecule has 0 radical (unpaired) electrons. The largest absolute Gasteiger partial charge is 0.484 e. The zero-order valence-electron chi connectivity index (χ0n) is 23.1. The fourth-order valence-electron chi connectivity index (χ4n) is 8.16. The van der Waals surface area contributed by atoms with E-state index in [1.165, 1.54) is 0 Å². The molecule has 6 rings (SSSR count). The lowest BCUT2D eigenvalue weighted by Gasteiger charge is -2.67. The van der Waals surface area contributed by atoms with E-state index in [1.807, 2.05) is 6.92 Å². The molecule has 3 fully saturated rings. The number of aliphatic hydroxyl groups is 2. The van der Waals surface area contributed by atoms with Gasteiger partial charge in [-0.05, 0) is 49.7 Å². The zero-order chi connectivity index (χ0) is 27.3. The topological polar surface area (TPSA) is 111 Å². The van der Waals surface area contributed by atoms with Crippen LogP contribution < -0.4 is 10.4 Å². The number of hydrogen-bond donors (Lipinski definition) is 2. The van der Waals surface area contributed by atoms with Crippen molar-refractivity contribution in [1.29, 1.82) is 0 Å². The third kappa shape index (κ3) is 3.56. The summed E-state index contributed by atoms with van der Waals surface area (Å²) in [6.07, 6.45) is 2.98. The zero-order valence-corrected chi connectivity index (χ0v) is 23.1. The lowest BCUT2D eigenvalue weighted by atomic mass is 9.42. The van der Waals surface area contributed by atoms with Crippen LogP contribution >= 0.6 is 0 Å². The molecule has 0 bridgehead atoms.